The highest BCUT2D eigenvalue weighted by molar-refractivity contribution is 9.10. The van der Waals surface area contributed by atoms with Crippen molar-refractivity contribution in [1.29, 1.82) is 0 Å². The number of nitrogens with zero attached hydrogens (tertiary/aromatic N) is 1. The SMILES string of the molecule is O=C(Nc1ccc(Br)cn1)c1cccc(OC(F)F)c1. The summed E-state index contributed by atoms with van der Waals surface area (Å²) in [5, 5.41) is 2.55. The Balaban J connectivity index is 2.10. The number of rotatable bonds is 4. The molecule has 1 aromatic heterocycles. The summed E-state index contributed by atoms with van der Waals surface area (Å²) >= 11 is 3.23. The van der Waals surface area contributed by atoms with E-state index in [0.29, 0.717) is 5.82 Å². The molecule has 0 saturated carbocycles. The molecule has 1 amide bonds. The van der Waals surface area contributed by atoms with Gasteiger partial charge in [0.25, 0.3) is 5.91 Å². The second-order valence-electron chi connectivity index (χ2n) is 3.72. The van der Waals surface area contributed by atoms with E-state index in [4.69, 9.17) is 0 Å². The molecule has 0 aliphatic rings. The zero-order chi connectivity index (χ0) is 14.5. The van der Waals surface area contributed by atoms with Gasteiger partial charge in [0.2, 0.25) is 0 Å². The van der Waals surface area contributed by atoms with Gasteiger partial charge in [-0.2, -0.15) is 8.78 Å². The lowest BCUT2D eigenvalue weighted by atomic mass is 10.2. The zero-order valence-corrected chi connectivity index (χ0v) is 11.6. The number of alkyl halides is 2. The van der Waals surface area contributed by atoms with Crippen molar-refractivity contribution in [3.63, 3.8) is 0 Å². The Hall–Kier alpha value is -2.02. The largest absolute Gasteiger partial charge is 0.435 e. The van der Waals surface area contributed by atoms with Gasteiger partial charge in [-0.05, 0) is 46.3 Å². The minimum absolute atomic E-state index is 0.0728. The molecule has 0 unspecified atom stereocenters. The van der Waals surface area contributed by atoms with Gasteiger partial charge < -0.3 is 10.1 Å². The lowest BCUT2D eigenvalue weighted by Crippen LogP contribution is -2.13. The smallest absolute Gasteiger partial charge is 0.387 e. The van der Waals surface area contributed by atoms with Gasteiger partial charge in [0.15, 0.2) is 0 Å². The van der Waals surface area contributed by atoms with E-state index in [1.54, 1.807) is 12.1 Å². The van der Waals surface area contributed by atoms with Gasteiger partial charge >= 0.3 is 6.61 Å². The standard InChI is InChI=1S/C13H9BrF2N2O2/c14-9-4-5-11(17-7-9)18-12(19)8-2-1-3-10(6-8)20-13(15)16/h1-7,13H,(H,17,18,19). The highest BCUT2D eigenvalue weighted by Crippen LogP contribution is 2.17. The van der Waals surface area contributed by atoms with Gasteiger partial charge in [-0.15, -0.1) is 0 Å². The highest BCUT2D eigenvalue weighted by Gasteiger charge is 2.10. The fourth-order valence-electron chi connectivity index (χ4n) is 1.45. The lowest BCUT2D eigenvalue weighted by molar-refractivity contribution is -0.0498. The topological polar surface area (TPSA) is 51.2 Å². The fraction of sp³-hybridized carbons (Fsp3) is 0.0769. The van der Waals surface area contributed by atoms with Gasteiger partial charge in [0.05, 0.1) is 0 Å². The molecule has 0 atom stereocenters. The van der Waals surface area contributed by atoms with Gasteiger partial charge in [-0.1, -0.05) is 6.07 Å². The number of carbonyl (C=O) groups excluding carboxylic acids is 1. The van der Waals surface area contributed by atoms with E-state index in [2.05, 4.69) is 31.0 Å². The maximum absolute atomic E-state index is 12.1. The molecule has 1 aromatic carbocycles. The van der Waals surface area contributed by atoms with Crippen molar-refractivity contribution in [3.8, 4) is 5.75 Å². The first-order valence-electron chi connectivity index (χ1n) is 5.52. The molecule has 20 heavy (non-hydrogen) atoms. The Morgan fingerprint density at radius 3 is 2.75 bits per heavy atom. The third-order valence-electron chi connectivity index (χ3n) is 2.29. The minimum atomic E-state index is -2.93. The van der Waals surface area contributed by atoms with Crippen molar-refractivity contribution in [1.82, 2.24) is 4.98 Å². The van der Waals surface area contributed by atoms with E-state index < -0.39 is 12.5 Å². The molecule has 4 nitrogen and oxygen atoms in total. The first-order chi connectivity index (χ1) is 9.54. The van der Waals surface area contributed by atoms with E-state index in [1.165, 1.54) is 30.5 Å². The number of amides is 1. The van der Waals surface area contributed by atoms with E-state index in [-0.39, 0.29) is 11.3 Å². The molecule has 1 N–H and O–H groups in total. The second kappa shape index (κ2) is 6.42. The Morgan fingerprint density at radius 1 is 1.30 bits per heavy atom. The third-order valence-corrected chi connectivity index (χ3v) is 2.76. The van der Waals surface area contributed by atoms with E-state index in [0.717, 1.165) is 4.47 Å². The number of anilines is 1. The molecule has 0 radical (unpaired) electrons. The number of hydrogen-bond acceptors (Lipinski definition) is 3. The summed E-state index contributed by atoms with van der Waals surface area (Å²) in [6.45, 7) is -2.93. The Bertz CT molecular complexity index is 606. The molecule has 104 valence electrons. The molecule has 7 heteroatoms. The first kappa shape index (κ1) is 14.4. The third kappa shape index (κ3) is 3.99. The van der Waals surface area contributed by atoms with Crippen LogP contribution in [0.25, 0.3) is 0 Å². The summed E-state index contributed by atoms with van der Waals surface area (Å²) in [6.07, 6.45) is 1.53. The summed E-state index contributed by atoms with van der Waals surface area (Å²) in [4.78, 5) is 15.9. The predicted octanol–water partition coefficient (Wildman–Crippen LogP) is 3.70. The van der Waals surface area contributed by atoms with Gasteiger partial charge in [0.1, 0.15) is 11.6 Å². The van der Waals surface area contributed by atoms with Crippen LogP contribution in [0.1, 0.15) is 10.4 Å². The molecule has 1 heterocycles. The quantitative estimate of drug-likeness (QED) is 0.921. The minimum Gasteiger partial charge on any atom is -0.435 e. The van der Waals surface area contributed by atoms with E-state index >= 15 is 0 Å². The van der Waals surface area contributed by atoms with Gasteiger partial charge in [-0.25, -0.2) is 4.98 Å². The maximum atomic E-state index is 12.1. The summed E-state index contributed by atoms with van der Waals surface area (Å²) in [7, 11) is 0. The highest BCUT2D eigenvalue weighted by atomic mass is 79.9. The van der Waals surface area contributed by atoms with Crippen molar-refractivity contribution >= 4 is 27.7 Å². The van der Waals surface area contributed by atoms with Crippen LogP contribution >= 0.6 is 15.9 Å². The summed E-state index contributed by atoms with van der Waals surface area (Å²) in [6, 6.07) is 8.87. The van der Waals surface area contributed by atoms with Crippen LogP contribution in [0.2, 0.25) is 0 Å². The van der Waals surface area contributed by atoms with Gasteiger partial charge in [0, 0.05) is 16.2 Å². The number of carbonyl (C=O) groups is 1. The van der Waals surface area contributed by atoms with Gasteiger partial charge in [-0.3, -0.25) is 4.79 Å². The summed E-state index contributed by atoms with van der Waals surface area (Å²) in [5.41, 5.74) is 0.202. The molecule has 2 aromatic rings. The summed E-state index contributed by atoms with van der Waals surface area (Å²) < 4.78 is 29.2. The van der Waals surface area contributed by atoms with Crippen molar-refractivity contribution < 1.29 is 18.3 Å². The van der Waals surface area contributed by atoms with Crippen LogP contribution < -0.4 is 10.1 Å². The van der Waals surface area contributed by atoms with Crippen LogP contribution in [0.3, 0.4) is 0 Å². The number of hydrogen-bond donors (Lipinski definition) is 1. The number of aromatic nitrogens is 1. The number of pyridine rings is 1. The number of halogens is 3. The number of nitrogens with one attached hydrogen (secondary N) is 1. The summed E-state index contributed by atoms with van der Waals surface area (Å²) in [5.74, 6) is -0.172. The number of ether oxygens (including phenoxy) is 1. The van der Waals surface area contributed by atoms with Crippen molar-refractivity contribution in [2.24, 2.45) is 0 Å². The Labute approximate surface area is 121 Å². The molecule has 0 bridgehead atoms. The van der Waals surface area contributed by atoms with Crippen LogP contribution in [0, 0.1) is 0 Å². The first-order valence-corrected chi connectivity index (χ1v) is 6.31. The van der Waals surface area contributed by atoms with Crippen LogP contribution in [-0.4, -0.2) is 17.5 Å². The molecule has 0 aliphatic carbocycles. The van der Waals surface area contributed by atoms with Crippen LogP contribution in [0.5, 0.6) is 5.75 Å². The predicted molar refractivity (Wildman–Crippen MR) is 73.0 cm³/mol. The molecule has 2 rings (SSSR count). The molecule has 0 fully saturated rings. The average molecular weight is 343 g/mol. The fourth-order valence-corrected chi connectivity index (χ4v) is 1.69. The zero-order valence-electron chi connectivity index (χ0n) is 10.0. The Kier molecular flexibility index (Phi) is 4.62. The average Bonchev–Trinajstić information content (AvgIpc) is 2.41. The second-order valence-corrected chi connectivity index (χ2v) is 4.64. The molecule has 0 saturated heterocycles. The molecular formula is C13H9BrF2N2O2. The van der Waals surface area contributed by atoms with E-state index in [1.807, 2.05) is 0 Å². The lowest BCUT2D eigenvalue weighted by Gasteiger charge is -2.07. The van der Waals surface area contributed by atoms with Crippen molar-refractivity contribution in [2.75, 3.05) is 5.32 Å². The number of benzene rings is 1. The van der Waals surface area contributed by atoms with E-state index in [9.17, 15) is 13.6 Å². The monoisotopic (exact) mass is 342 g/mol. The van der Waals surface area contributed by atoms with Crippen LogP contribution in [0.4, 0.5) is 14.6 Å². The molecule has 0 spiro atoms. The van der Waals surface area contributed by atoms with Crippen LogP contribution in [-0.2, 0) is 0 Å². The van der Waals surface area contributed by atoms with Crippen molar-refractivity contribution in [3.05, 3.63) is 52.6 Å². The Morgan fingerprint density at radius 2 is 2.10 bits per heavy atom. The maximum Gasteiger partial charge on any atom is 0.387 e. The normalized spacial score (nSPS) is 10.4. The van der Waals surface area contributed by atoms with Crippen molar-refractivity contribution in [2.45, 2.75) is 6.61 Å². The van der Waals surface area contributed by atoms with Crippen LogP contribution in [0.15, 0.2) is 47.1 Å². The molecule has 0 aliphatic heterocycles. The molecular weight excluding hydrogens is 334 g/mol.